The molecular weight excluding hydrogens is 184 g/mol. The van der Waals surface area contributed by atoms with E-state index in [9.17, 15) is 5.11 Å². The lowest BCUT2D eigenvalue weighted by Gasteiger charge is -2.26. The molecule has 0 saturated carbocycles. The van der Waals surface area contributed by atoms with Crippen LogP contribution in [0.15, 0.2) is 10.8 Å². The van der Waals surface area contributed by atoms with E-state index in [1.165, 1.54) is 6.39 Å². The van der Waals surface area contributed by atoms with Crippen molar-refractivity contribution in [2.45, 2.75) is 25.0 Å². The third kappa shape index (κ3) is 1.43. The zero-order chi connectivity index (χ0) is 10.2. The van der Waals surface area contributed by atoms with E-state index >= 15 is 0 Å². The molecule has 0 aliphatic carbocycles. The molecule has 1 aromatic heterocycles. The van der Waals surface area contributed by atoms with Crippen molar-refractivity contribution < 1.29 is 14.3 Å². The quantitative estimate of drug-likeness (QED) is 0.706. The van der Waals surface area contributed by atoms with E-state index in [-0.39, 0.29) is 6.61 Å². The number of ether oxygens (including phenoxy) is 1. The van der Waals surface area contributed by atoms with Crippen LogP contribution in [0.25, 0.3) is 0 Å². The molecular formula is C9H14N2O3. The Morgan fingerprint density at radius 1 is 1.71 bits per heavy atom. The van der Waals surface area contributed by atoms with E-state index in [0.717, 1.165) is 0 Å². The summed E-state index contributed by atoms with van der Waals surface area (Å²) in [5.41, 5.74) is 5.54. The summed E-state index contributed by atoms with van der Waals surface area (Å²) in [5, 5.41) is 10.1. The van der Waals surface area contributed by atoms with Crippen molar-refractivity contribution in [1.29, 1.82) is 0 Å². The second-order valence-electron chi connectivity index (χ2n) is 3.68. The smallest absolute Gasteiger partial charge is 0.181 e. The summed E-state index contributed by atoms with van der Waals surface area (Å²) >= 11 is 0. The highest BCUT2D eigenvalue weighted by atomic mass is 16.5. The fourth-order valence-electron chi connectivity index (χ4n) is 1.68. The van der Waals surface area contributed by atoms with Crippen LogP contribution in [-0.2, 0) is 4.74 Å². The lowest BCUT2D eigenvalue weighted by atomic mass is 9.91. The highest BCUT2D eigenvalue weighted by Crippen LogP contribution is 2.31. The minimum atomic E-state index is -0.998. The van der Waals surface area contributed by atoms with Crippen LogP contribution in [0, 0.1) is 6.92 Å². The fourth-order valence-corrected chi connectivity index (χ4v) is 1.68. The molecule has 0 bridgehead atoms. The maximum Gasteiger partial charge on any atom is 0.181 e. The minimum absolute atomic E-state index is 0.264. The highest BCUT2D eigenvalue weighted by molar-refractivity contribution is 5.15. The first kappa shape index (κ1) is 9.64. The van der Waals surface area contributed by atoms with Gasteiger partial charge in [0.05, 0.1) is 12.6 Å². The molecule has 0 radical (unpaired) electrons. The van der Waals surface area contributed by atoms with Crippen LogP contribution in [0.2, 0.25) is 0 Å². The maximum atomic E-state index is 10.1. The fraction of sp³-hybridized carbons (Fsp3) is 0.667. The number of nitrogens with two attached hydrogens (primary N) is 1. The molecule has 0 aromatic carbocycles. The highest BCUT2D eigenvalue weighted by Gasteiger charge is 2.41. The lowest BCUT2D eigenvalue weighted by molar-refractivity contribution is 0.00216. The van der Waals surface area contributed by atoms with Gasteiger partial charge in [0, 0.05) is 13.0 Å². The lowest BCUT2D eigenvalue weighted by Crippen LogP contribution is -2.42. The van der Waals surface area contributed by atoms with E-state index in [2.05, 4.69) is 4.98 Å². The van der Waals surface area contributed by atoms with Gasteiger partial charge in [0.15, 0.2) is 6.39 Å². The number of nitrogens with zero attached hydrogens (tertiary/aromatic N) is 1. The number of rotatable bonds is 2. The van der Waals surface area contributed by atoms with Gasteiger partial charge < -0.3 is 20.0 Å². The zero-order valence-electron chi connectivity index (χ0n) is 8.06. The molecule has 1 saturated heterocycles. The Hall–Kier alpha value is -0.910. The van der Waals surface area contributed by atoms with Crippen LogP contribution in [-0.4, -0.2) is 28.9 Å². The van der Waals surface area contributed by atoms with Gasteiger partial charge in [-0.05, 0) is 6.92 Å². The summed E-state index contributed by atoms with van der Waals surface area (Å²) in [5.74, 6) is 0.651. The van der Waals surface area contributed by atoms with E-state index in [1.807, 2.05) is 0 Å². The molecule has 1 fully saturated rings. The summed E-state index contributed by atoms with van der Waals surface area (Å²) in [6.07, 6.45) is 1.88. The molecule has 5 nitrogen and oxygen atoms in total. The number of hydrogen-bond donors (Lipinski definition) is 2. The molecule has 2 heterocycles. The van der Waals surface area contributed by atoms with E-state index in [4.69, 9.17) is 14.9 Å². The summed E-state index contributed by atoms with van der Waals surface area (Å²) in [6, 6.07) is -0.538. The van der Waals surface area contributed by atoms with Gasteiger partial charge in [-0.25, -0.2) is 4.98 Å². The molecule has 2 rings (SSSR count). The Bertz CT molecular complexity index is 318. The van der Waals surface area contributed by atoms with E-state index < -0.39 is 11.6 Å². The normalized spacial score (nSPS) is 29.4. The standard InChI is InChI=1S/C9H14N2O3/c1-6-7(11-5-14-6)8(10)9(12)2-3-13-4-9/h5,8,12H,2-4,10H2,1H3. The second-order valence-corrected chi connectivity index (χ2v) is 3.68. The number of aryl methyl sites for hydroxylation is 1. The number of aliphatic hydroxyl groups is 1. The maximum absolute atomic E-state index is 10.1. The van der Waals surface area contributed by atoms with Gasteiger partial charge in [-0.1, -0.05) is 0 Å². The summed E-state index contributed by atoms with van der Waals surface area (Å²) < 4.78 is 10.2. The zero-order valence-corrected chi connectivity index (χ0v) is 8.06. The van der Waals surface area contributed by atoms with Gasteiger partial charge >= 0.3 is 0 Å². The first-order chi connectivity index (χ1) is 6.63. The number of hydrogen-bond acceptors (Lipinski definition) is 5. The van der Waals surface area contributed by atoms with E-state index in [1.54, 1.807) is 6.92 Å². The van der Waals surface area contributed by atoms with Crippen molar-refractivity contribution in [3.05, 3.63) is 17.8 Å². The third-order valence-corrected chi connectivity index (χ3v) is 2.69. The summed E-state index contributed by atoms with van der Waals surface area (Å²) in [4.78, 5) is 4.00. The molecule has 1 aromatic rings. The van der Waals surface area contributed by atoms with Crippen LogP contribution in [0.1, 0.15) is 23.9 Å². The van der Waals surface area contributed by atoms with Gasteiger partial charge in [0.25, 0.3) is 0 Å². The number of oxazole rings is 1. The van der Waals surface area contributed by atoms with Crippen LogP contribution < -0.4 is 5.73 Å². The van der Waals surface area contributed by atoms with Gasteiger partial charge in [-0.15, -0.1) is 0 Å². The first-order valence-electron chi connectivity index (χ1n) is 4.59. The third-order valence-electron chi connectivity index (χ3n) is 2.69. The van der Waals surface area contributed by atoms with Crippen molar-refractivity contribution in [2.24, 2.45) is 5.73 Å². The molecule has 14 heavy (non-hydrogen) atoms. The average Bonchev–Trinajstić information content (AvgIpc) is 2.74. The predicted molar refractivity (Wildman–Crippen MR) is 48.6 cm³/mol. The van der Waals surface area contributed by atoms with Crippen LogP contribution in [0.3, 0.4) is 0 Å². The second kappa shape index (κ2) is 3.34. The molecule has 2 unspecified atom stereocenters. The molecule has 5 heteroatoms. The molecule has 78 valence electrons. The summed E-state index contributed by atoms with van der Waals surface area (Å²) in [6.45, 7) is 2.59. The molecule has 1 aliphatic rings. The van der Waals surface area contributed by atoms with Crippen molar-refractivity contribution in [3.63, 3.8) is 0 Å². The van der Waals surface area contributed by atoms with Gasteiger partial charge in [0.2, 0.25) is 0 Å². The SMILES string of the molecule is Cc1ocnc1C(N)C1(O)CCOC1. The Morgan fingerprint density at radius 2 is 2.50 bits per heavy atom. The molecule has 2 atom stereocenters. The predicted octanol–water partition coefficient (Wildman–Crippen LogP) is 0.134. The summed E-state index contributed by atoms with van der Waals surface area (Å²) in [7, 11) is 0. The van der Waals surface area contributed by atoms with Crippen molar-refractivity contribution in [2.75, 3.05) is 13.2 Å². The minimum Gasteiger partial charge on any atom is -0.448 e. The average molecular weight is 198 g/mol. The molecule has 0 spiro atoms. The van der Waals surface area contributed by atoms with Gasteiger partial charge in [-0.2, -0.15) is 0 Å². The van der Waals surface area contributed by atoms with E-state index in [0.29, 0.717) is 24.5 Å². The Kier molecular flexibility index (Phi) is 2.30. The molecule has 3 N–H and O–H groups in total. The Labute approximate surface area is 81.9 Å². The van der Waals surface area contributed by atoms with Crippen molar-refractivity contribution in [1.82, 2.24) is 4.98 Å². The van der Waals surface area contributed by atoms with Crippen LogP contribution in [0.4, 0.5) is 0 Å². The van der Waals surface area contributed by atoms with Crippen LogP contribution >= 0.6 is 0 Å². The van der Waals surface area contributed by atoms with Gasteiger partial charge in [0.1, 0.15) is 17.1 Å². The van der Waals surface area contributed by atoms with Gasteiger partial charge in [-0.3, -0.25) is 0 Å². The largest absolute Gasteiger partial charge is 0.448 e. The number of aromatic nitrogens is 1. The van der Waals surface area contributed by atoms with Crippen molar-refractivity contribution >= 4 is 0 Å². The Balaban J connectivity index is 2.23. The van der Waals surface area contributed by atoms with Crippen LogP contribution in [0.5, 0.6) is 0 Å². The monoisotopic (exact) mass is 198 g/mol. The molecule has 0 amide bonds. The van der Waals surface area contributed by atoms with Crippen molar-refractivity contribution in [3.8, 4) is 0 Å². The topological polar surface area (TPSA) is 81.5 Å². The first-order valence-corrected chi connectivity index (χ1v) is 4.59. The molecule has 1 aliphatic heterocycles. The Morgan fingerprint density at radius 3 is 3.00 bits per heavy atom.